The highest BCUT2D eigenvalue weighted by Crippen LogP contribution is 2.50. The summed E-state index contributed by atoms with van der Waals surface area (Å²) in [6.45, 7) is 4.45. The van der Waals surface area contributed by atoms with Gasteiger partial charge in [0.1, 0.15) is 16.7 Å². The summed E-state index contributed by atoms with van der Waals surface area (Å²) in [5.74, 6) is 0.169. The summed E-state index contributed by atoms with van der Waals surface area (Å²) in [7, 11) is 0. The van der Waals surface area contributed by atoms with E-state index in [0.717, 1.165) is 44.2 Å². The first-order chi connectivity index (χ1) is 21.9. The average molecular weight is 581 g/mol. The van der Waals surface area contributed by atoms with E-state index in [1.807, 2.05) is 79.0 Å². The van der Waals surface area contributed by atoms with Crippen LogP contribution < -0.4 is 5.49 Å². The fourth-order valence-corrected chi connectivity index (χ4v) is 6.70. The van der Waals surface area contributed by atoms with Crippen molar-refractivity contribution in [3.05, 3.63) is 149 Å². The second kappa shape index (κ2) is 10.0. The Hall–Kier alpha value is -5.99. The molecule has 2 heterocycles. The molecule has 8 rings (SSSR count). The number of nitrogens with zero attached hydrogens (tertiary/aromatic N) is 2. The van der Waals surface area contributed by atoms with E-state index in [1.54, 1.807) is 0 Å². The highest BCUT2D eigenvalue weighted by Gasteiger charge is 2.36. The van der Waals surface area contributed by atoms with Gasteiger partial charge in [-0.3, -0.25) is 5.41 Å². The summed E-state index contributed by atoms with van der Waals surface area (Å²) in [5.41, 5.74) is 12.3. The first-order valence-electron chi connectivity index (χ1n) is 14.9. The Morgan fingerprint density at radius 1 is 0.733 bits per heavy atom. The van der Waals surface area contributed by atoms with Gasteiger partial charge in [-0.1, -0.05) is 80.6 Å². The van der Waals surface area contributed by atoms with Crippen LogP contribution in [0, 0.1) is 16.7 Å². The summed E-state index contributed by atoms with van der Waals surface area (Å²) in [4.78, 5) is 7.91. The molecule has 0 bridgehead atoms. The third-order valence-corrected chi connectivity index (χ3v) is 9.03. The van der Waals surface area contributed by atoms with Gasteiger partial charge in [-0.2, -0.15) is 5.26 Å². The molecule has 2 aromatic heterocycles. The molecule has 0 atom stereocenters. The average Bonchev–Trinajstić information content (AvgIpc) is 3.56. The van der Waals surface area contributed by atoms with Crippen molar-refractivity contribution in [1.82, 2.24) is 4.98 Å². The topological polar surface area (TPSA) is 88.9 Å². The number of furan rings is 1. The summed E-state index contributed by atoms with van der Waals surface area (Å²) < 4.78 is 6.49. The molecule has 0 spiro atoms. The highest BCUT2D eigenvalue weighted by atomic mass is 16.3. The van der Waals surface area contributed by atoms with E-state index in [0.29, 0.717) is 16.6 Å². The maximum Gasteiger partial charge on any atom is 0.154 e. The molecule has 0 radical (unpaired) electrons. The third-order valence-electron chi connectivity index (χ3n) is 9.03. The Balaban J connectivity index is 1.21. The fraction of sp³-hybridized carbons (Fsp3) is 0.0750. The minimum atomic E-state index is -0.232. The van der Waals surface area contributed by atoms with E-state index in [9.17, 15) is 5.26 Å². The fourth-order valence-electron chi connectivity index (χ4n) is 6.70. The van der Waals surface area contributed by atoms with Gasteiger partial charge in [0.15, 0.2) is 5.84 Å². The predicted octanol–water partition coefficient (Wildman–Crippen LogP) is 9.35. The zero-order valence-electron chi connectivity index (χ0n) is 24.8. The third kappa shape index (κ3) is 4.22. The lowest BCUT2D eigenvalue weighted by molar-refractivity contribution is 0.660. The van der Waals surface area contributed by atoms with Gasteiger partial charge in [-0.05, 0) is 81.9 Å². The van der Waals surface area contributed by atoms with Crippen LogP contribution in [0.15, 0.2) is 131 Å². The van der Waals surface area contributed by atoms with Crippen LogP contribution in [0.5, 0.6) is 0 Å². The van der Waals surface area contributed by atoms with Crippen LogP contribution in [0.4, 0.5) is 0 Å². The number of rotatable bonds is 3. The molecule has 0 fully saturated rings. The maximum atomic E-state index is 9.50. The van der Waals surface area contributed by atoms with Crippen LogP contribution in [0.3, 0.4) is 0 Å². The minimum absolute atomic E-state index is 0.169. The summed E-state index contributed by atoms with van der Waals surface area (Å²) in [5, 5.41) is 20.3. The number of aromatic amines is 1. The molecule has 214 valence electrons. The molecular weight excluding hydrogens is 552 g/mol. The molecule has 5 heteroatoms. The van der Waals surface area contributed by atoms with Crippen molar-refractivity contribution in [3.8, 4) is 39.4 Å². The molecule has 5 nitrogen and oxygen atoms in total. The van der Waals surface area contributed by atoms with Crippen LogP contribution in [-0.2, 0) is 5.41 Å². The molecule has 0 aliphatic heterocycles. The molecule has 2 N–H and O–H groups in total. The lowest BCUT2D eigenvalue weighted by Crippen LogP contribution is -2.15. The van der Waals surface area contributed by atoms with Gasteiger partial charge in [0.05, 0.1) is 11.6 Å². The molecule has 5 aromatic carbocycles. The number of hydrogen-bond donors (Lipinski definition) is 2. The van der Waals surface area contributed by atoms with Crippen molar-refractivity contribution in [2.45, 2.75) is 19.3 Å². The van der Waals surface area contributed by atoms with E-state index in [1.165, 1.54) is 22.3 Å². The van der Waals surface area contributed by atoms with Gasteiger partial charge in [0.2, 0.25) is 0 Å². The molecular formula is C40H28N4O. The first-order valence-corrected chi connectivity index (χ1v) is 14.9. The number of amidine groups is 1. The van der Waals surface area contributed by atoms with Crippen LogP contribution in [0.2, 0.25) is 0 Å². The molecule has 1 aliphatic carbocycles. The van der Waals surface area contributed by atoms with Crippen molar-refractivity contribution in [3.63, 3.8) is 0 Å². The molecule has 0 unspecified atom stereocenters. The maximum absolute atomic E-state index is 9.50. The van der Waals surface area contributed by atoms with E-state index in [-0.39, 0.29) is 11.3 Å². The van der Waals surface area contributed by atoms with E-state index in [4.69, 9.17) is 14.8 Å². The van der Waals surface area contributed by atoms with Crippen LogP contribution in [-0.4, -0.2) is 10.8 Å². The SMILES string of the molecule is CC1(C)c2cc(C#N)ccc2-c2ccc(-c3cccc4c3oc3ccc(C(=N)/N=c5\[nH]cccc5-c5ccccc5)cc34)cc21. The molecule has 0 amide bonds. The van der Waals surface area contributed by atoms with Gasteiger partial charge >= 0.3 is 0 Å². The van der Waals surface area contributed by atoms with Crippen molar-refractivity contribution < 1.29 is 4.42 Å². The molecule has 0 saturated heterocycles. The minimum Gasteiger partial charge on any atom is -0.455 e. The monoisotopic (exact) mass is 580 g/mol. The van der Waals surface area contributed by atoms with E-state index >= 15 is 0 Å². The number of benzene rings is 5. The number of fused-ring (bicyclic) bond motifs is 6. The normalized spacial score (nSPS) is 13.5. The molecule has 45 heavy (non-hydrogen) atoms. The number of nitriles is 1. The van der Waals surface area contributed by atoms with E-state index in [2.05, 4.69) is 67.4 Å². The number of hydrogen-bond acceptors (Lipinski definition) is 3. The van der Waals surface area contributed by atoms with Crippen LogP contribution >= 0.6 is 0 Å². The zero-order valence-corrected chi connectivity index (χ0v) is 24.8. The second-order valence-electron chi connectivity index (χ2n) is 12.0. The van der Waals surface area contributed by atoms with Gasteiger partial charge in [-0.25, -0.2) is 4.99 Å². The Bertz CT molecular complexity index is 2440. The lowest BCUT2D eigenvalue weighted by atomic mass is 9.81. The summed E-state index contributed by atoms with van der Waals surface area (Å²) in [6, 6.07) is 41.0. The Labute approximate surface area is 260 Å². The predicted molar refractivity (Wildman–Crippen MR) is 180 cm³/mol. The second-order valence-corrected chi connectivity index (χ2v) is 12.0. The molecule has 1 aliphatic rings. The number of pyridine rings is 1. The number of nitrogens with one attached hydrogen (secondary N) is 2. The first kappa shape index (κ1) is 26.6. The van der Waals surface area contributed by atoms with E-state index < -0.39 is 0 Å². The summed E-state index contributed by atoms with van der Waals surface area (Å²) in [6.07, 6.45) is 1.83. The van der Waals surface area contributed by atoms with Crippen molar-refractivity contribution in [1.29, 1.82) is 10.7 Å². The van der Waals surface area contributed by atoms with Gasteiger partial charge < -0.3 is 9.40 Å². The van der Waals surface area contributed by atoms with Crippen molar-refractivity contribution >= 4 is 27.8 Å². The largest absolute Gasteiger partial charge is 0.455 e. The molecule has 7 aromatic rings. The number of H-pyrrole nitrogens is 1. The quantitative estimate of drug-likeness (QED) is 0.161. The standard InChI is InChI=1S/C40H28N4O/c1-40(2)34-20-24(23-41)13-16-30(34)31-17-14-26(22-35(31)40)28-10-6-11-32-33-21-27(15-18-36(33)45-37(28)32)38(42)44-39-29(12-7-19-43-39)25-8-4-3-5-9-25/h3-22H,1-2H3,(H2,42,43,44). The van der Waals surface area contributed by atoms with Gasteiger partial charge in [0, 0.05) is 39.1 Å². The molecule has 0 saturated carbocycles. The lowest BCUT2D eigenvalue weighted by Gasteiger charge is -2.22. The Morgan fingerprint density at radius 2 is 1.51 bits per heavy atom. The van der Waals surface area contributed by atoms with Crippen LogP contribution in [0.25, 0.3) is 55.3 Å². The highest BCUT2D eigenvalue weighted by molar-refractivity contribution is 6.12. The Morgan fingerprint density at radius 3 is 2.33 bits per heavy atom. The number of aromatic nitrogens is 1. The van der Waals surface area contributed by atoms with Crippen molar-refractivity contribution in [2.75, 3.05) is 0 Å². The zero-order chi connectivity index (χ0) is 30.7. The van der Waals surface area contributed by atoms with Gasteiger partial charge in [-0.15, -0.1) is 0 Å². The van der Waals surface area contributed by atoms with Crippen LogP contribution in [0.1, 0.15) is 36.1 Å². The van der Waals surface area contributed by atoms with Crippen molar-refractivity contribution in [2.24, 2.45) is 4.99 Å². The Kier molecular flexibility index (Phi) is 5.94. The smallest absolute Gasteiger partial charge is 0.154 e. The van der Waals surface area contributed by atoms with Gasteiger partial charge in [0.25, 0.3) is 0 Å². The summed E-state index contributed by atoms with van der Waals surface area (Å²) >= 11 is 0. The number of para-hydroxylation sites is 1.